The summed E-state index contributed by atoms with van der Waals surface area (Å²) in [5.41, 5.74) is 0.557. The Balaban J connectivity index is 2.21. The number of aliphatic hydroxyl groups is 1. The summed E-state index contributed by atoms with van der Waals surface area (Å²) < 4.78 is 14.0. The number of amides is 1. The van der Waals surface area contributed by atoms with Gasteiger partial charge in [0, 0.05) is 18.2 Å². The molecular formula is C16H18FNO2. The van der Waals surface area contributed by atoms with E-state index in [1.807, 2.05) is 6.92 Å². The Morgan fingerprint density at radius 2 is 2.25 bits per heavy atom. The van der Waals surface area contributed by atoms with Gasteiger partial charge in [0.2, 0.25) is 0 Å². The summed E-state index contributed by atoms with van der Waals surface area (Å²) in [6.45, 7) is 2.40. The summed E-state index contributed by atoms with van der Waals surface area (Å²) in [6.07, 6.45) is 2.88. The molecule has 1 amide bonds. The van der Waals surface area contributed by atoms with Gasteiger partial charge >= 0.3 is 0 Å². The first-order valence-electron chi connectivity index (χ1n) is 6.87. The van der Waals surface area contributed by atoms with Gasteiger partial charge in [-0.05, 0) is 37.5 Å². The molecular weight excluding hydrogens is 257 g/mol. The third-order valence-corrected chi connectivity index (χ3v) is 3.22. The van der Waals surface area contributed by atoms with Crippen LogP contribution in [0.25, 0.3) is 0 Å². The average molecular weight is 275 g/mol. The number of hydrogen-bond donors (Lipinski definition) is 1. The van der Waals surface area contributed by atoms with Crippen molar-refractivity contribution in [3.63, 3.8) is 0 Å². The van der Waals surface area contributed by atoms with Crippen molar-refractivity contribution in [1.82, 2.24) is 4.90 Å². The van der Waals surface area contributed by atoms with Gasteiger partial charge in [-0.3, -0.25) is 4.79 Å². The number of carbonyl (C=O) groups is 1. The van der Waals surface area contributed by atoms with E-state index in [2.05, 4.69) is 11.8 Å². The molecule has 0 aromatic heterocycles. The van der Waals surface area contributed by atoms with Gasteiger partial charge < -0.3 is 10.0 Å². The molecule has 2 rings (SSSR count). The van der Waals surface area contributed by atoms with Crippen molar-refractivity contribution in [2.75, 3.05) is 13.2 Å². The Morgan fingerprint density at radius 3 is 2.80 bits per heavy atom. The lowest BCUT2D eigenvalue weighted by Crippen LogP contribution is -2.34. The zero-order valence-corrected chi connectivity index (χ0v) is 11.5. The van der Waals surface area contributed by atoms with Crippen molar-refractivity contribution in [2.45, 2.75) is 32.2 Å². The summed E-state index contributed by atoms with van der Waals surface area (Å²) in [7, 11) is 0. The molecule has 0 heterocycles. The number of benzene rings is 1. The highest BCUT2D eigenvalue weighted by Gasteiger charge is 2.33. The fourth-order valence-corrected chi connectivity index (χ4v) is 2.14. The SMILES string of the molecule is CCCN(C(=O)c1ccc(C#CCO)cc1F)C1CC1. The van der Waals surface area contributed by atoms with Crippen LogP contribution < -0.4 is 0 Å². The third-order valence-electron chi connectivity index (χ3n) is 3.22. The van der Waals surface area contributed by atoms with E-state index < -0.39 is 5.82 Å². The molecule has 0 spiro atoms. The Kier molecular flexibility index (Phi) is 4.75. The number of aliphatic hydroxyl groups excluding tert-OH is 1. The summed E-state index contributed by atoms with van der Waals surface area (Å²) >= 11 is 0. The third kappa shape index (κ3) is 3.37. The van der Waals surface area contributed by atoms with Crippen LogP contribution >= 0.6 is 0 Å². The van der Waals surface area contributed by atoms with Crippen LogP contribution in [0.4, 0.5) is 4.39 Å². The number of nitrogens with zero attached hydrogens (tertiary/aromatic N) is 1. The fraction of sp³-hybridized carbons (Fsp3) is 0.438. The summed E-state index contributed by atoms with van der Waals surface area (Å²) in [5, 5.41) is 8.61. The molecule has 0 aliphatic heterocycles. The largest absolute Gasteiger partial charge is 0.384 e. The summed E-state index contributed by atoms with van der Waals surface area (Å²) in [4.78, 5) is 14.1. The van der Waals surface area contributed by atoms with Crippen LogP contribution in [0.1, 0.15) is 42.1 Å². The maximum Gasteiger partial charge on any atom is 0.257 e. The normalized spacial score (nSPS) is 13.6. The van der Waals surface area contributed by atoms with Gasteiger partial charge in [-0.2, -0.15) is 0 Å². The molecule has 0 bridgehead atoms. The Labute approximate surface area is 118 Å². The molecule has 0 saturated heterocycles. The molecule has 0 unspecified atom stereocenters. The molecule has 0 atom stereocenters. The highest BCUT2D eigenvalue weighted by molar-refractivity contribution is 5.95. The lowest BCUT2D eigenvalue weighted by atomic mass is 10.1. The summed E-state index contributed by atoms with van der Waals surface area (Å²) in [5.74, 6) is 4.28. The van der Waals surface area contributed by atoms with E-state index in [-0.39, 0.29) is 24.1 Å². The van der Waals surface area contributed by atoms with E-state index in [1.54, 1.807) is 11.0 Å². The number of hydrogen-bond acceptors (Lipinski definition) is 2. The lowest BCUT2D eigenvalue weighted by Gasteiger charge is -2.22. The molecule has 1 aliphatic rings. The van der Waals surface area contributed by atoms with Crippen molar-refractivity contribution < 1.29 is 14.3 Å². The number of carbonyl (C=O) groups excluding carboxylic acids is 1. The molecule has 1 aromatic rings. The maximum atomic E-state index is 14.0. The highest BCUT2D eigenvalue weighted by atomic mass is 19.1. The second kappa shape index (κ2) is 6.53. The first-order valence-corrected chi connectivity index (χ1v) is 6.87. The van der Waals surface area contributed by atoms with Crippen LogP contribution in [0.15, 0.2) is 18.2 Å². The van der Waals surface area contributed by atoms with Crippen LogP contribution in [0.5, 0.6) is 0 Å². The Bertz CT molecular complexity index is 555. The van der Waals surface area contributed by atoms with Gasteiger partial charge in [0.25, 0.3) is 5.91 Å². The zero-order chi connectivity index (χ0) is 14.5. The Morgan fingerprint density at radius 1 is 1.50 bits per heavy atom. The van der Waals surface area contributed by atoms with Crippen LogP contribution in [0.2, 0.25) is 0 Å². The molecule has 1 saturated carbocycles. The first-order chi connectivity index (χ1) is 9.67. The van der Waals surface area contributed by atoms with Gasteiger partial charge in [0.15, 0.2) is 0 Å². The molecule has 1 aliphatic carbocycles. The van der Waals surface area contributed by atoms with E-state index in [9.17, 15) is 9.18 Å². The first kappa shape index (κ1) is 14.5. The zero-order valence-electron chi connectivity index (χ0n) is 11.5. The standard InChI is InChI=1S/C16H18FNO2/c1-2-9-18(13-6-7-13)16(20)14-8-5-12(4-3-10-19)11-15(14)17/h5,8,11,13,19H,2,6-7,9-10H2,1H3. The van der Waals surface area contributed by atoms with Crippen LogP contribution in [0.3, 0.4) is 0 Å². The van der Waals surface area contributed by atoms with E-state index in [0.29, 0.717) is 12.1 Å². The predicted molar refractivity (Wildman–Crippen MR) is 74.7 cm³/mol. The molecule has 4 heteroatoms. The summed E-state index contributed by atoms with van der Waals surface area (Å²) in [6, 6.07) is 4.60. The van der Waals surface area contributed by atoms with Crippen LogP contribution in [0, 0.1) is 17.7 Å². The molecule has 1 N–H and O–H groups in total. The van der Waals surface area contributed by atoms with Gasteiger partial charge in [-0.1, -0.05) is 18.8 Å². The topological polar surface area (TPSA) is 40.5 Å². The predicted octanol–water partition coefficient (Wildman–Crippen LogP) is 2.18. The van der Waals surface area contributed by atoms with Crippen molar-refractivity contribution in [2.24, 2.45) is 0 Å². The fourth-order valence-electron chi connectivity index (χ4n) is 2.14. The molecule has 0 radical (unpaired) electrons. The van der Waals surface area contributed by atoms with E-state index >= 15 is 0 Å². The average Bonchev–Trinajstić information content (AvgIpc) is 3.26. The minimum Gasteiger partial charge on any atom is -0.384 e. The van der Waals surface area contributed by atoms with Gasteiger partial charge in [-0.25, -0.2) is 4.39 Å². The quantitative estimate of drug-likeness (QED) is 0.856. The molecule has 20 heavy (non-hydrogen) atoms. The minimum atomic E-state index is -0.554. The maximum absolute atomic E-state index is 14.0. The second-order valence-corrected chi connectivity index (χ2v) is 4.88. The second-order valence-electron chi connectivity index (χ2n) is 4.88. The van der Waals surface area contributed by atoms with Crippen molar-refractivity contribution in [3.8, 4) is 11.8 Å². The monoisotopic (exact) mass is 275 g/mol. The minimum absolute atomic E-state index is 0.0971. The Hall–Kier alpha value is -1.86. The number of halogens is 1. The highest BCUT2D eigenvalue weighted by Crippen LogP contribution is 2.29. The van der Waals surface area contributed by atoms with E-state index in [1.165, 1.54) is 12.1 Å². The van der Waals surface area contributed by atoms with Crippen molar-refractivity contribution in [1.29, 1.82) is 0 Å². The van der Waals surface area contributed by atoms with Crippen molar-refractivity contribution >= 4 is 5.91 Å². The molecule has 3 nitrogen and oxygen atoms in total. The van der Waals surface area contributed by atoms with E-state index in [0.717, 1.165) is 19.3 Å². The van der Waals surface area contributed by atoms with Crippen LogP contribution in [-0.2, 0) is 0 Å². The van der Waals surface area contributed by atoms with Gasteiger partial charge in [0.1, 0.15) is 12.4 Å². The van der Waals surface area contributed by atoms with Gasteiger partial charge in [-0.15, -0.1) is 0 Å². The van der Waals surface area contributed by atoms with E-state index in [4.69, 9.17) is 5.11 Å². The molecule has 1 fully saturated rings. The van der Waals surface area contributed by atoms with Gasteiger partial charge in [0.05, 0.1) is 5.56 Å². The van der Waals surface area contributed by atoms with Crippen LogP contribution in [-0.4, -0.2) is 35.1 Å². The lowest BCUT2D eigenvalue weighted by molar-refractivity contribution is 0.0738. The molecule has 1 aromatic carbocycles. The van der Waals surface area contributed by atoms with Crippen molar-refractivity contribution in [3.05, 3.63) is 35.1 Å². The smallest absolute Gasteiger partial charge is 0.257 e. The molecule has 106 valence electrons. The number of rotatable bonds is 4.